The molecule has 0 saturated carbocycles. The first-order valence-electron chi connectivity index (χ1n) is 15.2. The fraction of sp³-hybridized carbons (Fsp3) is 0.371. The van der Waals surface area contributed by atoms with Crippen LogP contribution in [-0.2, 0) is 37.9 Å². The second-order valence-corrected chi connectivity index (χ2v) is 11.8. The number of rotatable bonds is 9. The summed E-state index contributed by atoms with van der Waals surface area (Å²) in [6.07, 6.45) is 2.21. The fourth-order valence-corrected chi connectivity index (χ4v) is 6.45. The van der Waals surface area contributed by atoms with Gasteiger partial charge >= 0.3 is 5.97 Å². The van der Waals surface area contributed by atoms with Gasteiger partial charge in [-0.2, -0.15) is 5.10 Å². The van der Waals surface area contributed by atoms with Crippen LogP contribution in [0.5, 0.6) is 5.75 Å². The van der Waals surface area contributed by atoms with Crippen LogP contribution in [0.25, 0.3) is 32.8 Å². The van der Waals surface area contributed by atoms with Gasteiger partial charge in [-0.05, 0) is 63.7 Å². The van der Waals surface area contributed by atoms with Crippen LogP contribution in [0.3, 0.4) is 0 Å². The Labute approximate surface area is 252 Å². The van der Waals surface area contributed by atoms with Gasteiger partial charge in [-0.3, -0.25) is 4.68 Å². The van der Waals surface area contributed by atoms with Gasteiger partial charge in [0.2, 0.25) is 0 Å². The van der Waals surface area contributed by atoms with Gasteiger partial charge in [-0.1, -0.05) is 54.6 Å². The van der Waals surface area contributed by atoms with Crippen LogP contribution in [0.4, 0.5) is 0 Å². The van der Waals surface area contributed by atoms with Crippen LogP contribution in [0, 0.1) is 0 Å². The average molecular weight is 581 g/mol. The summed E-state index contributed by atoms with van der Waals surface area (Å²) in [5, 5.41) is 18.7. The predicted molar refractivity (Wildman–Crippen MR) is 170 cm³/mol. The number of carbonyl (C=O) groups is 1. The number of hydrogen-bond acceptors (Lipinski definition) is 5. The van der Waals surface area contributed by atoms with Gasteiger partial charge in [0.1, 0.15) is 11.4 Å². The SMILES string of the molecule is CC(C)OCc1nn(C)c2c1-c1cccc3c(CCCOc4cccc5ccccc45)c(C(=O)O)n(c13)CCCN(C)C2. The molecule has 3 heterocycles. The van der Waals surface area contributed by atoms with E-state index < -0.39 is 5.97 Å². The number of aromatic carboxylic acids is 1. The van der Waals surface area contributed by atoms with Crippen molar-refractivity contribution in [1.82, 2.24) is 19.2 Å². The van der Waals surface area contributed by atoms with Gasteiger partial charge in [0, 0.05) is 42.0 Å². The number of aromatic nitrogens is 3. The molecule has 8 heteroatoms. The lowest BCUT2D eigenvalue weighted by atomic mass is 9.97. The van der Waals surface area contributed by atoms with Crippen LogP contribution in [-0.4, -0.2) is 56.6 Å². The molecule has 0 radical (unpaired) electrons. The van der Waals surface area contributed by atoms with Crippen molar-refractivity contribution in [2.24, 2.45) is 7.05 Å². The van der Waals surface area contributed by atoms with Gasteiger partial charge in [-0.25, -0.2) is 4.79 Å². The topological polar surface area (TPSA) is 81.7 Å². The van der Waals surface area contributed by atoms with Crippen LogP contribution in [0.15, 0.2) is 60.7 Å². The molecule has 1 N–H and O–H groups in total. The zero-order chi connectivity index (χ0) is 30.1. The smallest absolute Gasteiger partial charge is 0.352 e. The maximum atomic E-state index is 12.9. The number of nitrogens with zero attached hydrogens (tertiary/aromatic N) is 4. The highest BCUT2D eigenvalue weighted by atomic mass is 16.5. The Morgan fingerprint density at radius 1 is 1.00 bits per heavy atom. The lowest BCUT2D eigenvalue weighted by molar-refractivity contribution is 0.0635. The van der Waals surface area contributed by atoms with Gasteiger partial charge in [0.25, 0.3) is 0 Å². The van der Waals surface area contributed by atoms with Gasteiger partial charge < -0.3 is 24.0 Å². The van der Waals surface area contributed by atoms with Crippen molar-refractivity contribution >= 4 is 27.6 Å². The zero-order valence-electron chi connectivity index (χ0n) is 25.5. The van der Waals surface area contributed by atoms with Crippen LogP contribution < -0.4 is 4.74 Å². The summed E-state index contributed by atoms with van der Waals surface area (Å²) in [6.45, 7) is 7.16. The largest absolute Gasteiger partial charge is 0.493 e. The number of ether oxygens (including phenoxy) is 2. The quantitative estimate of drug-likeness (QED) is 0.196. The number of benzene rings is 3. The summed E-state index contributed by atoms with van der Waals surface area (Å²) < 4.78 is 16.3. The first-order valence-corrected chi connectivity index (χ1v) is 15.2. The summed E-state index contributed by atoms with van der Waals surface area (Å²) in [5.41, 5.74) is 6.25. The van der Waals surface area contributed by atoms with E-state index in [2.05, 4.69) is 42.3 Å². The molecule has 0 spiro atoms. The van der Waals surface area contributed by atoms with E-state index in [1.54, 1.807) is 0 Å². The average Bonchev–Trinajstić information content (AvgIpc) is 3.47. The van der Waals surface area contributed by atoms with Crippen molar-refractivity contribution in [2.45, 2.75) is 58.9 Å². The second kappa shape index (κ2) is 12.2. The minimum Gasteiger partial charge on any atom is -0.493 e. The van der Waals surface area contributed by atoms with Crippen molar-refractivity contribution < 1.29 is 19.4 Å². The highest BCUT2D eigenvalue weighted by Crippen LogP contribution is 2.39. The molecule has 0 aliphatic carbocycles. The molecule has 0 saturated heterocycles. The molecule has 0 atom stereocenters. The maximum absolute atomic E-state index is 12.9. The van der Waals surface area contributed by atoms with Crippen LogP contribution in [0.1, 0.15) is 54.1 Å². The lowest BCUT2D eigenvalue weighted by Crippen LogP contribution is -2.23. The lowest BCUT2D eigenvalue weighted by Gasteiger charge is -2.21. The highest BCUT2D eigenvalue weighted by molar-refractivity contribution is 6.04. The minimum atomic E-state index is -0.896. The second-order valence-electron chi connectivity index (χ2n) is 11.8. The first-order chi connectivity index (χ1) is 20.8. The van der Waals surface area contributed by atoms with Gasteiger partial charge in [0.15, 0.2) is 0 Å². The summed E-state index contributed by atoms with van der Waals surface area (Å²) in [5.74, 6) is -0.0450. The Hall–Kier alpha value is -4.14. The third-order valence-electron chi connectivity index (χ3n) is 8.37. The monoisotopic (exact) mass is 580 g/mol. The normalized spacial score (nSPS) is 14.0. The Morgan fingerprint density at radius 2 is 1.77 bits per heavy atom. The molecule has 5 aromatic rings. The third-order valence-corrected chi connectivity index (χ3v) is 8.37. The Morgan fingerprint density at radius 3 is 2.58 bits per heavy atom. The molecular weight excluding hydrogens is 540 g/mol. The van der Waals surface area contributed by atoms with Gasteiger partial charge in [-0.15, -0.1) is 0 Å². The summed E-state index contributed by atoms with van der Waals surface area (Å²) in [7, 11) is 4.10. The summed E-state index contributed by atoms with van der Waals surface area (Å²) >= 11 is 0. The van der Waals surface area contributed by atoms with Gasteiger partial charge in [0.05, 0.1) is 36.2 Å². The molecule has 1 aliphatic heterocycles. The summed E-state index contributed by atoms with van der Waals surface area (Å²) in [4.78, 5) is 15.2. The van der Waals surface area contributed by atoms with Crippen molar-refractivity contribution in [3.05, 3.63) is 83.3 Å². The van der Waals surface area contributed by atoms with E-state index in [9.17, 15) is 9.90 Å². The molecule has 1 aliphatic rings. The van der Waals surface area contributed by atoms with Crippen molar-refractivity contribution in [3.8, 4) is 16.9 Å². The van der Waals surface area contributed by atoms with Crippen molar-refractivity contribution in [1.29, 1.82) is 0 Å². The zero-order valence-corrected chi connectivity index (χ0v) is 25.5. The molecule has 43 heavy (non-hydrogen) atoms. The molecule has 224 valence electrons. The van der Waals surface area contributed by atoms with Crippen molar-refractivity contribution in [2.75, 3.05) is 20.2 Å². The molecule has 0 amide bonds. The molecule has 8 nitrogen and oxygen atoms in total. The van der Waals surface area contributed by atoms with Crippen molar-refractivity contribution in [3.63, 3.8) is 0 Å². The molecule has 0 fully saturated rings. The van der Waals surface area contributed by atoms with E-state index in [1.807, 2.05) is 60.5 Å². The standard InChI is InChI=1S/C35H40N4O4/c1-23(2)43-22-29-32-28-15-8-14-26-27(16-9-20-42-31-17-7-12-24-11-5-6-13-25(24)31)34(35(40)41)39(33(26)28)19-10-18-37(3)21-30(32)38(4)36-29/h5-8,11-15,17,23H,9-10,16,18-22H2,1-4H3,(H,40,41). The van der Waals surface area contributed by atoms with E-state index in [1.165, 1.54) is 0 Å². The molecular formula is C35H40N4O4. The van der Waals surface area contributed by atoms with Crippen LogP contribution >= 0.6 is 0 Å². The Bertz CT molecular complexity index is 1780. The minimum absolute atomic E-state index is 0.0702. The van der Waals surface area contributed by atoms with Crippen LogP contribution in [0.2, 0.25) is 0 Å². The number of fused-ring (bicyclic) bond motifs is 3. The van der Waals surface area contributed by atoms with E-state index in [4.69, 9.17) is 14.6 Å². The highest BCUT2D eigenvalue weighted by Gasteiger charge is 2.28. The molecule has 0 bridgehead atoms. The molecule has 6 rings (SSSR count). The number of para-hydroxylation sites is 1. The molecule has 2 aromatic heterocycles. The fourth-order valence-electron chi connectivity index (χ4n) is 6.45. The Kier molecular flexibility index (Phi) is 8.23. The number of carboxylic acid groups (broad SMARTS) is 1. The maximum Gasteiger partial charge on any atom is 0.352 e. The number of aryl methyl sites for hydroxylation is 3. The first kappa shape index (κ1) is 29.0. The van der Waals surface area contributed by atoms with E-state index in [0.29, 0.717) is 38.3 Å². The third kappa shape index (κ3) is 5.65. The predicted octanol–water partition coefficient (Wildman–Crippen LogP) is 6.67. The van der Waals surface area contributed by atoms with E-state index in [-0.39, 0.29) is 6.10 Å². The molecule has 0 unspecified atom stereocenters. The van der Waals surface area contributed by atoms with E-state index >= 15 is 0 Å². The Balaban J connectivity index is 1.41. The molecule has 3 aromatic carbocycles. The van der Waals surface area contributed by atoms with E-state index in [0.717, 1.165) is 75.0 Å². The summed E-state index contributed by atoms with van der Waals surface area (Å²) in [6, 6.07) is 20.5. The number of hydrogen-bond donors (Lipinski definition) is 1. The number of carboxylic acids is 1.